The van der Waals surface area contributed by atoms with E-state index in [0.29, 0.717) is 24.5 Å². The summed E-state index contributed by atoms with van der Waals surface area (Å²) in [6, 6.07) is 0.934. The Bertz CT molecular complexity index is 350. The molecule has 21 heavy (non-hydrogen) atoms. The average molecular weight is 297 g/mol. The van der Waals surface area contributed by atoms with Crippen LogP contribution < -0.4 is 10.6 Å². The number of carbonyl (C=O) groups is 1. The zero-order chi connectivity index (χ0) is 15.5. The zero-order valence-electron chi connectivity index (χ0n) is 13.9. The highest BCUT2D eigenvalue weighted by Gasteiger charge is 2.33. The molecule has 122 valence electrons. The van der Waals surface area contributed by atoms with Gasteiger partial charge in [-0.05, 0) is 66.0 Å². The van der Waals surface area contributed by atoms with Gasteiger partial charge in [0.2, 0.25) is 0 Å². The summed E-state index contributed by atoms with van der Waals surface area (Å²) in [6.07, 6.45) is 4.73. The summed E-state index contributed by atoms with van der Waals surface area (Å²) >= 11 is 0. The van der Waals surface area contributed by atoms with Crippen molar-refractivity contribution < 1.29 is 9.53 Å². The molecule has 0 spiro atoms. The largest absolute Gasteiger partial charge is 0.444 e. The van der Waals surface area contributed by atoms with E-state index in [0.717, 1.165) is 6.54 Å². The number of alkyl carbamates (subject to hydrolysis) is 1. The van der Waals surface area contributed by atoms with Crippen molar-refractivity contribution in [3.63, 3.8) is 0 Å². The lowest BCUT2D eigenvalue weighted by atomic mass is 10.0. The van der Waals surface area contributed by atoms with Crippen molar-refractivity contribution in [1.82, 2.24) is 15.5 Å². The Hall–Kier alpha value is -0.810. The number of rotatable bonds is 5. The van der Waals surface area contributed by atoms with E-state index >= 15 is 0 Å². The molecule has 2 aliphatic rings. The third-order valence-electron chi connectivity index (χ3n) is 4.13. The fraction of sp³-hybridized carbons (Fsp3) is 0.938. The van der Waals surface area contributed by atoms with Gasteiger partial charge in [0.15, 0.2) is 0 Å². The number of nitrogens with one attached hydrogen (secondary N) is 2. The van der Waals surface area contributed by atoms with E-state index in [-0.39, 0.29) is 6.09 Å². The summed E-state index contributed by atoms with van der Waals surface area (Å²) in [4.78, 5) is 14.2. The van der Waals surface area contributed by atoms with Crippen molar-refractivity contribution in [3.05, 3.63) is 0 Å². The Morgan fingerprint density at radius 2 is 2.05 bits per heavy atom. The molecule has 1 aliphatic carbocycles. The number of amides is 1. The highest BCUT2D eigenvalue weighted by molar-refractivity contribution is 5.67. The molecule has 1 aliphatic heterocycles. The maximum atomic E-state index is 11.8. The van der Waals surface area contributed by atoms with Gasteiger partial charge >= 0.3 is 6.09 Å². The number of piperidine rings is 1. The minimum absolute atomic E-state index is 0.310. The molecule has 2 fully saturated rings. The van der Waals surface area contributed by atoms with Gasteiger partial charge in [-0.3, -0.25) is 0 Å². The number of likely N-dealkylation sites (tertiary alicyclic amines) is 1. The molecular formula is C16H31N3O2. The molecule has 1 saturated heterocycles. The highest BCUT2D eigenvalue weighted by Crippen LogP contribution is 2.33. The molecular weight excluding hydrogens is 266 g/mol. The summed E-state index contributed by atoms with van der Waals surface area (Å²) in [7, 11) is 2.18. The summed E-state index contributed by atoms with van der Waals surface area (Å²) in [5.74, 6) is 0.715. The Morgan fingerprint density at radius 3 is 2.62 bits per heavy atom. The average Bonchev–Trinajstić information content (AvgIpc) is 3.16. The number of nitrogens with zero attached hydrogens (tertiary/aromatic N) is 1. The third kappa shape index (κ3) is 6.22. The van der Waals surface area contributed by atoms with E-state index in [4.69, 9.17) is 4.74 Å². The molecule has 2 atom stereocenters. The molecule has 2 rings (SSSR count). The van der Waals surface area contributed by atoms with Gasteiger partial charge in [-0.1, -0.05) is 0 Å². The molecule has 2 unspecified atom stereocenters. The monoisotopic (exact) mass is 297 g/mol. The van der Waals surface area contributed by atoms with Crippen LogP contribution in [-0.2, 0) is 4.74 Å². The lowest BCUT2D eigenvalue weighted by Crippen LogP contribution is -2.52. The first-order valence-electron chi connectivity index (χ1n) is 8.25. The third-order valence-corrected chi connectivity index (χ3v) is 4.13. The van der Waals surface area contributed by atoms with Crippen LogP contribution in [-0.4, -0.2) is 55.4 Å². The zero-order valence-corrected chi connectivity index (χ0v) is 13.9. The maximum absolute atomic E-state index is 11.8. The van der Waals surface area contributed by atoms with Crippen LogP contribution in [0.2, 0.25) is 0 Å². The predicted octanol–water partition coefficient (Wildman–Crippen LogP) is 1.97. The van der Waals surface area contributed by atoms with E-state index in [2.05, 4.69) is 22.6 Å². The standard InChI is InChI=1S/C16H31N3O2/c1-16(2,3)21-15(20)17-10-14(12-7-8-12)18-13-6-5-9-19(4)11-13/h12-14,18H,5-11H2,1-4H3,(H,17,20). The van der Waals surface area contributed by atoms with Gasteiger partial charge in [0.05, 0.1) is 0 Å². The fourth-order valence-corrected chi connectivity index (χ4v) is 2.97. The van der Waals surface area contributed by atoms with Crippen molar-refractivity contribution >= 4 is 6.09 Å². The van der Waals surface area contributed by atoms with Gasteiger partial charge in [-0.25, -0.2) is 4.79 Å². The summed E-state index contributed by atoms with van der Waals surface area (Å²) in [6.45, 7) is 8.64. The Labute approximate surface area is 128 Å². The lowest BCUT2D eigenvalue weighted by molar-refractivity contribution is 0.0519. The molecule has 1 amide bonds. The van der Waals surface area contributed by atoms with Gasteiger partial charge in [0.1, 0.15) is 5.60 Å². The molecule has 1 saturated carbocycles. The molecule has 5 nitrogen and oxygen atoms in total. The molecule has 0 aromatic heterocycles. The first-order chi connectivity index (χ1) is 9.83. The van der Waals surface area contributed by atoms with Crippen LogP contribution in [0.1, 0.15) is 46.5 Å². The molecule has 0 aromatic rings. The van der Waals surface area contributed by atoms with Crippen LogP contribution in [0.15, 0.2) is 0 Å². The number of hydrogen-bond acceptors (Lipinski definition) is 4. The smallest absolute Gasteiger partial charge is 0.407 e. The first kappa shape index (κ1) is 16.6. The summed E-state index contributed by atoms with van der Waals surface area (Å²) in [5.41, 5.74) is -0.432. The minimum Gasteiger partial charge on any atom is -0.444 e. The molecule has 0 bridgehead atoms. The van der Waals surface area contributed by atoms with Crippen LogP contribution in [0.25, 0.3) is 0 Å². The van der Waals surface area contributed by atoms with Crippen molar-refractivity contribution in [2.24, 2.45) is 5.92 Å². The first-order valence-corrected chi connectivity index (χ1v) is 8.25. The van der Waals surface area contributed by atoms with Crippen LogP contribution >= 0.6 is 0 Å². The van der Waals surface area contributed by atoms with Crippen molar-refractivity contribution in [3.8, 4) is 0 Å². The van der Waals surface area contributed by atoms with Gasteiger partial charge in [0.25, 0.3) is 0 Å². The quantitative estimate of drug-likeness (QED) is 0.815. The number of carbonyl (C=O) groups excluding carboxylic acids is 1. The van der Waals surface area contributed by atoms with E-state index < -0.39 is 5.60 Å². The van der Waals surface area contributed by atoms with E-state index in [9.17, 15) is 4.79 Å². The topological polar surface area (TPSA) is 53.6 Å². The molecule has 0 radical (unpaired) electrons. The Morgan fingerprint density at radius 1 is 1.33 bits per heavy atom. The summed E-state index contributed by atoms with van der Waals surface area (Å²) in [5, 5.41) is 6.68. The molecule has 1 heterocycles. The summed E-state index contributed by atoms with van der Waals surface area (Å²) < 4.78 is 5.31. The normalized spacial score (nSPS) is 25.4. The highest BCUT2D eigenvalue weighted by atomic mass is 16.6. The SMILES string of the molecule is CN1CCCC(NC(CNC(=O)OC(C)(C)C)C2CC2)C1. The van der Waals surface area contributed by atoms with Gasteiger partial charge in [0, 0.05) is 25.2 Å². The van der Waals surface area contributed by atoms with E-state index in [1.54, 1.807) is 0 Å². The Kier molecular flexibility index (Phi) is 5.49. The number of likely N-dealkylation sites (N-methyl/N-ethyl adjacent to an activating group) is 1. The van der Waals surface area contributed by atoms with E-state index in [1.165, 1.54) is 32.2 Å². The van der Waals surface area contributed by atoms with Gasteiger partial charge < -0.3 is 20.3 Å². The van der Waals surface area contributed by atoms with Crippen molar-refractivity contribution in [2.45, 2.75) is 64.1 Å². The van der Waals surface area contributed by atoms with Gasteiger partial charge in [-0.2, -0.15) is 0 Å². The van der Waals surface area contributed by atoms with Crippen molar-refractivity contribution in [1.29, 1.82) is 0 Å². The second kappa shape index (κ2) is 6.97. The maximum Gasteiger partial charge on any atom is 0.407 e. The second-order valence-corrected chi connectivity index (χ2v) is 7.59. The van der Waals surface area contributed by atoms with Crippen LogP contribution in [0.3, 0.4) is 0 Å². The molecule has 2 N–H and O–H groups in total. The number of hydrogen-bond donors (Lipinski definition) is 2. The fourth-order valence-electron chi connectivity index (χ4n) is 2.97. The molecule has 0 aromatic carbocycles. The minimum atomic E-state index is -0.432. The Balaban J connectivity index is 1.76. The lowest BCUT2D eigenvalue weighted by Gasteiger charge is -2.33. The van der Waals surface area contributed by atoms with Crippen LogP contribution in [0.4, 0.5) is 4.79 Å². The molecule has 5 heteroatoms. The van der Waals surface area contributed by atoms with Gasteiger partial charge in [-0.15, -0.1) is 0 Å². The van der Waals surface area contributed by atoms with Crippen LogP contribution in [0, 0.1) is 5.92 Å². The van der Waals surface area contributed by atoms with E-state index in [1.807, 2.05) is 20.8 Å². The van der Waals surface area contributed by atoms with Crippen LogP contribution in [0.5, 0.6) is 0 Å². The predicted molar refractivity (Wildman–Crippen MR) is 84.4 cm³/mol. The van der Waals surface area contributed by atoms with Crippen molar-refractivity contribution in [2.75, 3.05) is 26.7 Å². The number of ether oxygens (including phenoxy) is 1. The second-order valence-electron chi connectivity index (χ2n) is 7.59.